The number of ether oxygens (including phenoxy) is 1. The molecule has 0 radical (unpaired) electrons. The summed E-state index contributed by atoms with van der Waals surface area (Å²) in [5.41, 5.74) is 0.858. The number of benzene rings is 2. The summed E-state index contributed by atoms with van der Waals surface area (Å²) in [6.07, 6.45) is 1.26. The fraction of sp³-hybridized carbons (Fsp3) is 0.391. The van der Waals surface area contributed by atoms with Gasteiger partial charge in [-0.05, 0) is 55.7 Å². The maximum atomic E-state index is 13.2. The number of carbonyl (C=O) groups is 2. The molecular weight excluding hydrogens is 459 g/mol. The second kappa shape index (κ2) is 12.2. The molecule has 2 amide bonds. The van der Waals surface area contributed by atoms with E-state index in [1.54, 1.807) is 30.3 Å². The minimum Gasteiger partial charge on any atom is -0.482 e. The van der Waals surface area contributed by atoms with Crippen molar-refractivity contribution in [2.45, 2.75) is 52.2 Å². The van der Waals surface area contributed by atoms with Crippen LogP contribution in [-0.4, -0.2) is 35.4 Å². The molecule has 0 heterocycles. The van der Waals surface area contributed by atoms with Crippen molar-refractivity contribution >= 4 is 46.6 Å². The molecule has 0 saturated carbocycles. The maximum Gasteiger partial charge on any atom is 0.261 e. The summed E-state index contributed by atoms with van der Waals surface area (Å²) in [4.78, 5) is 27.6. The lowest BCUT2D eigenvalue weighted by Crippen LogP contribution is -2.51. The van der Waals surface area contributed by atoms with Crippen LogP contribution in [0.2, 0.25) is 15.1 Å². The van der Waals surface area contributed by atoms with Gasteiger partial charge in [0, 0.05) is 22.6 Å². The van der Waals surface area contributed by atoms with E-state index >= 15 is 0 Å². The lowest BCUT2D eigenvalue weighted by atomic mass is 10.1. The van der Waals surface area contributed by atoms with E-state index < -0.39 is 6.04 Å². The average molecular weight is 486 g/mol. The maximum absolute atomic E-state index is 13.2. The van der Waals surface area contributed by atoms with Crippen LogP contribution in [-0.2, 0) is 16.1 Å². The van der Waals surface area contributed by atoms with Gasteiger partial charge < -0.3 is 15.0 Å². The molecule has 0 saturated heterocycles. The number of nitrogens with zero attached hydrogens (tertiary/aromatic N) is 1. The topological polar surface area (TPSA) is 58.6 Å². The van der Waals surface area contributed by atoms with Gasteiger partial charge in [-0.2, -0.15) is 0 Å². The lowest BCUT2D eigenvalue weighted by molar-refractivity contribution is -0.143. The molecule has 2 atom stereocenters. The predicted molar refractivity (Wildman–Crippen MR) is 126 cm³/mol. The van der Waals surface area contributed by atoms with Crippen molar-refractivity contribution in [1.29, 1.82) is 0 Å². The highest BCUT2D eigenvalue weighted by Gasteiger charge is 2.29. The number of halogens is 3. The minimum absolute atomic E-state index is 0.0122. The van der Waals surface area contributed by atoms with Crippen LogP contribution in [0.4, 0.5) is 0 Å². The van der Waals surface area contributed by atoms with Crippen LogP contribution in [0, 0.1) is 0 Å². The Morgan fingerprint density at radius 1 is 1.00 bits per heavy atom. The van der Waals surface area contributed by atoms with Crippen molar-refractivity contribution in [2.75, 3.05) is 6.61 Å². The summed E-state index contributed by atoms with van der Waals surface area (Å²) in [6.45, 7) is 5.79. The summed E-state index contributed by atoms with van der Waals surface area (Å²) in [6, 6.07) is 11.3. The first-order valence-electron chi connectivity index (χ1n) is 10.2. The normalized spacial score (nSPS) is 12.7. The van der Waals surface area contributed by atoms with E-state index in [0.29, 0.717) is 27.2 Å². The molecule has 1 N–H and O–H groups in total. The largest absolute Gasteiger partial charge is 0.482 e. The molecule has 0 aromatic heterocycles. The molecule has 0 aliphatic heterocycles. The summed E-state index contributed by atoms with van der Waals surface area (Å²) < 4.78 is 5.63. The zero-order chi connectivity index (χ0) is 23.0. The van der Waals surface area contributed by atoms with Gasteiger partial charge in [-0.1, -0.05) is 60.8 Å². The van der Waals surface area contributed by atoms with E-state index in [1.165, 1.54) is 4.90 Å². The van der Waals surface area contributed by atoms with Crippen LogP contribution in [0.15, 0.2) is 42.5 Å². The molecule has 168 valence electrons. The van der Waals surface area contributed by atoms with Gasteiger partial charge in [0.25, 0.3) is 5.91 Å². The Kier molecular flexibility index (Phi) is 9.94. The van der Waals surface area contributed by atoms with Crippen molar-refractivity contribution in [2.24, 2.45) is 0 Å². The Morgan fingerprint density at radius 3 is 2.23 bits per heavy atom. The number of rotatable bonds is 10. The number of carbonyl (C=O) groups excluding carboxylic acids is 2. The van der Waals surface area contributed by atoms with Gasteiger partial charge in [0.1, 0.15) is 11.8 Å². The molecule has 0 bridgehead atoms. The third-order valence-corrected chi connectivity index (χ3v) is 5.68. The van der Waals surface area contributed by atoms with Gasteiger partial charge >= 0.3 is 0 Å². The van der Waals surface area contributed by atoms with Crippen molar-refractivity contribution in [1.82, 2.24) is 10.2 Å². The third-order valence-electron chi connectivity index (χ3n) is 4.90. The Labute approximate surface area is 198 Å². The number of nitrogens with one attached hydrogen (secondary N) is 1. The lowest BCUT2D eigenvalue weighted by Gasteiger charge is -2.31. The molecule has 31 heavy (non-hydrogen) atoms. The van der Waals surface area contributed by atoms with Crippen molar-refractivity contribution in [3.05, 3.63) is 63.1 Å². The van der Waals surface area contributed by atoms with Crippen molar-refractivity contribution in [3.8, 4) is 5.75 Å². The van der Waals surface area contributed by atoms with Gasteiger partial charge in [-0.3, -0.25) is 9.59 Å². The Balaban J connectivity index is 2.22. The van der Waals surface area contributed by atoms with Crippen LogP contribution in [0.3, 0.4) is 0 Å². The van der Waals surface area contributed by atoms with E-state index in [1.807, 2.05) is 32.9 Å². The molecule has 5 nitrogen and oxygen atoms in total. The molecule has 2 aromatic rings. The molecule has 2 rings (SSSR count). The fourth-order valence-corrected chi connectivity index (χ4v) is 3.55. The Morgan fingerprint density at radius 2 is 1.65 bits per heavy atom. The molecule has 2 unspecified atom stereocenters. The summed E-state index contributed by atoms with van der Waals surface area (Å²) in [5, 5.41) is 4.35. The van der Waals surface area contributed by atoms with Crippen LogP contribution < -0.4 is 10.1 Å². The number of hydrogen-bond donors (Lipinski definition) is 1. The van der Waals surface area contributed by atoms with E-state index in [0.717, 1.165) is 12.0 Å². The predicted octanol–water partition coefficient (Wildman–Crippen LogP) is 5.75. The van der Waals surface area contributed by atoms with Gasteiger partial charge in [0.2, 0.25) is 5.91 Å². The molecule has 0 aliphatic rings. The molecule has 0 aliphatic carbocycles. The van der Waals surface area contributed by atoms with Crippen molar-refractivity contribution < 1.29 is 14.3 Å². The Bertz CT molecular complexity index is 890. The highest BCUT2D eigenvalue weighted by Crippen LogP contribution is 2.27. The van der Waals surface area contributed by atoms with Crippen LogP contribution in [0.1, 0.15) is 39.2 Å². The monoisotopic (exact) mass is 484 g/mol. The summed E-state index contributed by atoms with van der Waals surface area (Å²) in [5.74, 6) is -0.168. The average Bonchev–Trinajstić information content (AvgIpc) is 2.74. The molecule has 0 fully saturated rings. The second-order valence-electron chi connectivity index (χ2n) is 7.25. The first-order valence-corrected chi connectivity index (χ1v) is 11.3. The molecule has 0 spiro atoms. The SMILES string of the molecule is CCC(C)NC(=O)C(CC)N(Cc1ccc(Cl)cc1)C(=O)COc1ccc(Cl)cc1Cl. The van der Waals surface area contributed by atoms with Crippen LogP contribution in [0.25, 0.3) is 0 Å². The summed E-state index contributed by atoms with van der Waals surface area (Å²) >= 11 is 18.0. The van der Waals surface area contributed by atoms with E-state index in [9.17, 15) is 9.59 Å². The van der Waals surface area contributed by atoms with Crippen molar-refractivity contribution in [3.63, 3.8) is 0 Å². The molecule has 2 aromatic carbocycles. The third kappa shape index (κ3) is 7.60. The summed E-state index contributed by atoms with van der Waals surface area (Å²) in [7, 11) is 0. The second-order valence-corrected chi connectivity index (χ2v) is 8.53. The van der Waals surface area contributed by atoms with Gasteiger partial charge in [-0.25, -0.2) is 0 Å². The quantitative estimate of drug-likeness (QED) is 0.466. The standard InChI is InChI=1S/C23H27Cl3N2O3/c1-4-15(3)27-23(30)20(5-2)28(13-16-6-8-17(24)9-7-16)22(29)14-31-21-11-10-18(25)12-19(21)26/h6-12,15,20H,4-5,13-14H2,1-3H3,(H,27,30). The zero-order valence-corrected chi connectivity index (χ0v) is 20.1. The van der Waals surface area contributed by atoms with E-state index in [2.05, 4.69) is 5.32 Å². The molecule has 8 heteroatoms. The van der Waals surface area contributed by atoms with Gasteiger partial charge in [0.15, 0.2) is 6.61 Å². The van der Waals surface area contributed by atoms with Crippen LogP contribution >= 0.6 is 34.8 Å². The van der Waals surface area contributed by atoms with E-state index in [-0.39, 0.29) is 31.0 Å². The highest BCUT2D eigenvalue weighted by molar-refractivity contribution is 6.35. The fourth-order valence-electron chi connectivity index (χ4n) is 2.96. The zero-order valence-electron chi connectivity index (χ0n) is 17.8. The van der Waals surface area contributed by atoms with Gasteiger partial charge in [-0.15, -0.1) is 0 Å². The van der Waals surface area contributed by atoms with Gasteiger partial charge in [0.05, 0.1) is 5.02 Å². The Hall–Kier alpha value is -1.95. The number of hydrogen-bond acceptors (Lipinski definition) is 3. The highest BCUT2D eigenvalue weighted by atomic mass is 35.5. The smallest absolute Gasteiger partial charge is 0.261 e. The number of amides is 2. The first kappa shape index (κ1) is 25.3. The first-order chi connectivity index (χ1) is 14.7. The van der Waals surface area contributed by atoms with Crippen LogP contribution in [0.5, 0.6) is 5.75 Å². The minimum atomic E-state index is -0.638. The van der Waals surface area contributed by atoms with E-state index in [4.69, 9.17) is 39.5 Å². The molecular formula is C23H27Cl3N2O3.